The minimum Gasteiger partial charge on any atom is -0.486 e. The van der Waals surface area contributed by atoms with Crippen molar-refractivity contribution >= 4 is 23.4 Å². The van der Waals surface area contributed by atoms with E-state index < -0.39 is 12.1 Å². The van der Waals surface area contributed by atoms with Crippen LogP contribution in [0.4, 0.5) is 0 Å². The fourth-order valence-electron chi connectivity index (χ4n) is 4.67. The van der Waals surface area contributed by atoms with Gasteiger partial charge in [0.2, 0.25) is 11.8 Å². The zero-order chi connectivity index (χ0) is 23.2. The number of alkyl halides is 1. The topological polar surface area (TPSA) is 67.9 Å². The van der Waals surface area contributed by atoms with E-state index in [1.807, 2.05) is 55.5 Å². The van der Waals surface area contributed by atoms with Crippen LogP contribution >= 0.6 is 11.6 Å². The van der Waals surface area contributed by atoms with Crippen molar-refractivity contribution in [3.63, 3.8) is 0 Å². The van der Waals surface area contributed by atoms with Gasteiger partial charge in [0.1, 0.15) is 18.5 Å². The molecule has 2 amide bonds. The Bertz CT molecular complexity index is 976. The van der Waals surface area contributed by atoms with Gasteiger partial charge in [-0.1, -0.05) is 55.7 Å². The molecule has 0 spiro atoms. The number of benzene rings is 2. The number of amides is 2. The molecule has 0 aromatic heterocycles. The van der Waals surface area contributed by atoms with Crippen molar-refractivity contribution in [3.8, 4) is 11.5 Å². The molecular weight excluding hydrogens is 440 g/mol. The average molecular weight is 471 g/mol. The molecule has 0 radical (unpaired) electrons. The number of hydrogen-bond acceptors (Lipinski definition) is 4. The lowest BCUT2D eigenvalue weighted by atomic mass is 9.94. The van der Waals surface area contributed by atoms with Crippen LogP contribution in [0.1, 0.15) is 49.3 Å². The van der Waals surface area contributed by atoms with Gasteiger partial charge in [-0.05, 0) is 43.0 Å². The number of rotatable bonds is 7. The van der Waals surface area contributed by atoms with E-state index in [0.717, 1.165) is 36.8 Å². The van der Waals surface area contributed by atoms with Gasteiger partial charge >= 0.3 is 0 Å². The fourth-order valence-corrected chi connectivity index (χ4v) is 4.83. The zero-order valence-corrected chi connectivity index (χ0v) is 19.7. The molecule has 1 fully saturated rings. The first-order valence-corrected chi connectivity index (χ1v) is 12.2. The third-order valence-electron chi connectivity index (χ3n) is 6.40. The first kappa shape index (κ1) is 23.4. The Balaban J connectivity index is 1.61. The number of para-hydroxylation sites is 2. The van der Waals surface area contributed by atoms with Crippen molar-refractivity contribution in [1.29, 1.82) is 0 Å². The summed E-state index contributed by atoms with van der Waals surface area (Å²) in [5, 5.41) is 3.21. The SMILES string of the molecule is Cc1ccccc1[C@H](C(=O)NC1CCCCC1)N(C[C@@H]1COc2ccccc2O1)C(=O)CCl. The standard InChI is InChI=1S/C26H31ClN2O4/c1-18-9-5-6-12-21(18)25(26(31)28-19-10-3-2-4-11-19)29(24(30)15-27)16-20-17-32-22-13-7-8-14-23(22)33-20/h5-9,12-14,19-20,25H,2-4,10-11,15-17H2,1H3,(H,28,31)/t20-,25-/m1/s1. The predicted molar refractivity (Wildman–Crippen MR) is 128 cm³/mol. The maximum Gasteiger partial charge on any atom is 0.247 e. The Labute approximate surface area is 200 Å². The monoisotopic (exact) mass is 470 g/mol. The summed E-state index contributed by atoms with van der Waals surface area (Å²) in [6.07, 6.45) is 4.93. The van der Waals surface area contributed by atoms with Crippen LogP contribution in [-0.4, -0.2) is 47.9 Å². The minimum atomic E-state index is -0.792. The summed E-state index contributed by atoms with van der Waals surface area (Å²) in [6.45, 7) is 2.43. The van der Waals surface area contributed by atoms with Gasteiger partial charge < -0.3 is 19.7 Å². The van der Waals surface area contributed by atoms with E-state index in [-0.39, 0.29) is 36.9 Å². The molecule has 7 heteroatoms. The first-order valence-electron chi connectivity index (χ1n) is 11.7. The third-order valence-corrected chi connectivity index (χ3v) is 6.63. The molecule has 1 saturated carbocycles. The van der Waals surface area contributed by atoms with Crippen molar-refractivity contribution < 1.29 is 19.1 Å². The Hall–Kier alpha value is -2.73. The van der Waals surface area contributed by atoms with Crippen molar-refractivity contribution in [1.82, 2.24) is 10.2 Å². The van der Waals surface area contributed by atoms with Crippen LogP contribution in [0.5, 0.6) is 11.5 Å². The number of aryl methyl sites for hydroxylation is 1. The van der Waals surface area contributed by atoms with E-state index in [1.165, 1.54) is 6.42 Å². The second-order valence-corrected chi connectivity index (χ2v) is 9.05. The average Bonchev–Trinajstić information content (AvgIpc) is 2.84. The van der Waals surface area contributed by atoms with Crippen molar-refractivity contribution in [2.45, 2.75) is 57.2 Å². The molecule has 0 unspecified atom stereocenters. The number of halogens is 1. The van der Waals surface area contributed by atoms with Crippen molar-refractivity contribution in [3.05, 3.63) is 59.7 Å². The molecule has 1 N–H and O–H groups in total. The van der Waals surface area contributed by atoms with Crippen molar-refractivity contribution in [2.75, 3.05) is 19.0 Å². The number of fused-ring (bicyclic) bond motifs is 1. The highest BCUT2D eigenvalue weighted by molar-refractivity contribution is 6.27. The summed E-state index contributed by atoms with van der Waals surface area (Å²) in [7, 11) is 0. The fraction of sp³-hybridized carbons (Fsp3) is 0.462. The van der Waals surface area contributed by atoms with Crippen LogP contribution in [0.15, 0.2) is 48.5 Å². The summed E-state index contributed by atoms with van der Waals surface area (Å²) < 4.78 is 12.0. The van der Waals surface area contributed by atoms with Gasteiger partial charge in [-0.3, -0.25) is 9.59 Å². The number of nitrogens with one attached hydrogen (secondary N) is 1. The van der Waals surface area contributed by atoms with E-state index in [2.05, 4.69) is 5.32 Å². The maximum absolute atomic E-state index is 13.6. The number of carbonyl (C=O) groups excluding carboxylic acids is 2. The molecule has 2 aliphatic rings. The summed E-state index contributed by atoms with van der Waals surface area (Å²) in [5.74, 6) is 0.599. The van der Waals surface area contributed by atoms with Gasteiger partial charge in [-0.2, -0.15) is 0 Å². The van der Waals surface area contributed by atoms with Gasteiger partial charge in [0.05, 0.1) is 6.54 Å². The highest BCUT2D eigenvalue weighted by Gasteiger charge is 2.36. The zero-order valence-electron chi connectivity index (χ0n) is 19.0. The van der Waals surface area contributed by atoms with E-state index in [0.29, 0.717) is 11.5 Å². The Kier molecular flexibility index (Phi) is 7.76. The lowest BCUT2D eigenvalue weighted by molar-refractivity contribution is -0.141. The molecule has 176 valence electrons. The summed E-state index contributed by atoms with van der Waals surface area (Å²) >= 11 is 6.02. The van der Waals surface area contributed by atoms with Gasteiger partial charge in [0, 0.05) is 6.04 Å². The first-order chi connectivity index (χ1) is 16.1. The Morgan fingerprint density at radius 3 is 2.48 bits per heavy atom. The molecule has 6 nitrogen and oxygen atoms in total. The Morgan fingerprint density at radius 1 is 1.06 bits per heavy atom. The molecular formula is C26H31ClN2O4. The molecule has 2 aromatic carbocycles. The van der Waals surface area contributed by atoms with Crippen LogP contribution < -0.4 is 14.8 Å². The van der Waals surface area contributed by atoms with Crippen LogP contribution in [0.25, 0.3) is 0 Å². The molecule has 0 bridgehead atoms. The molecule has 0 saturated heterocycles. The van der Waals surface area contributed by atoms with Gasteiger partial charge in [-0.15, -0.1) is 11.6 Å². The van der Waals surface area contributed by atoms with Gasteiger partial charge in [0.25, 0.3) is 0 Å². The molecule has 2 aromatic rings. The minimum absolute atomic E-state index is 0.131. The summed E-state index contributed by atoms with van der Waals surface area (Å²) in [4.78, 5) is 28.3. The van der Waals surface area contributed by atoms with Crippen LogP contribution in [0, 0.1) is 6.92 Å². The predicted octanol–water partition coefficient (Wildman–Crippen LogP) is 4.39. The number of ether oxygens (including phenoxy) is 2. The number of hydrogen-bond donors (Lipinski definition) is 1. The summed E-state index contributed by atoms with van der Waals surface area (Å²) in [5.41, 5.74) is 1.74. The number of carbonyl (C=O) groups is 2. The molecule has 2 atom stereocenters. The number of nitrogens with zero attached hydrogens (tertiary/aromatic N) is 1. The molecule has 1 aliphatic heterocycles. The van der Waals surface area contributed by atoms with Crippen LogP contribution in [-0.2, 0) is 9.59 Å². The largest absolute Gasteiger partial charge is 0.486 e. The molecule has 33 heavy (non-hydrogen) atoms. The van der Waals surface area contributed by atoms with E-state index in [1.54, 1.807) is 4.90 Å². The van der Waals surface area contributed by atoms with Crippen LogP contribution in [0.2, 0.25) is 0 Å². The van der Waals surface area contributed by atoms with Crippen LogP contribution in [0.3, 0.4) is 0 Å². The quantitative estimate of drug-likeness (QED) is 0.609. The summed E-state index contributed by atoms with van der Waals surface area (Å²) in [6, 6.07) is 14.5. The maximum atomic E-state index is 13.6. The smallest absolute Gasteiger partial charge is 0.247 e. The van der Waals surface area contributed by atoms with Gasteiger partial charge in [0.15, 0.2) is 17.6 Å². The molecule has 1 aliphatic carbocycles. The molecule has 4 rings (SSSR count). The lowest BCUT2D eigenvalue weighted by Crippen LogP contribution is -2.51. The van der Waals surface area contributed by atoms with Gasteiger partial charge in [-0.25, -0.2) is 0 Å². The third kappa shape index (κ3) is 5.61. The highest BCUT2D eigenvalue weighted by atomic mass is 35.5. The normalized spacial score (nSPS) is 18.9. The lowest BCUT2D eigenvalue weighted by Gasteiger charge is -2.36. The highest BCUT2D eigenvalue weighted by Crippen LogP contribution is 2.33. The van der Waals surface area contributed by atoms with E-state index >= 15 is 0 Å². The molecule has 1 heterocycles. The second kappa shape index (κ2) is 10.9. The van der Waals surface area contributed by atoms with E-state index in [9.17, 15) is 9.59 Å². The second-order valence-electron chi connectivity index (χ2n) is 8.78. The Morgan fingerprint density at radius 2 is 1.76 bits per heavy atom. The van der Waals surface area contributed by atoms with Crippen molar-refractivity contribution in [2.24, 2.45) is 0 Å². The van der Waals surface area contributed by atoms with E-state index in [4.69, 9.17) is 21.1 Å².